The van der Waals surface area contributed by atoms with E-state index in [-0.39, 0.29) is 0 Å². The predicted octanol–water partition coefficient (Wildman–Crippen LogP) is 1.00. The molecule has 0 atom stereocenters. The minimum absolute atomic E-state index is 0.845. The molecule has 0 saturated heterocycles. The van der Waals surface area contributed by atoms with Crippen molar-refractivity contribution in [3.05, 3.63) is 11.9 Å². The molecule has 1 aromatic heterocycles. The van der Waals surface area contributed by atoms with Crippen LogP contribution in [0, 0.1) is 0 Å². The summed E-state index contributed by atoms with van der Waals surface area (Å²) < 4.78 is 7.12. The van der Waals surface area contributed by atoms with E-state index in [1.54, 1.807) is 7.11 Å². The molecule has 17 heavy (non-hydrogen) atoms. The fourth-order valence-electron chi connectivity index (χ4n) is 1.73. The second kappa shape index (κ2) is 7.29. The molecule has 1 N–H and O–H groups in total. The SMILES string of the molecule is COCCCCNCc1cnc(N(C)C)n1C. The van der Waals surface area contributed by atoms with Gasteiger partial charge >= 0.3 is 0 Å². The quantitative estimate of drug-likeness (QED) is 0.688. The highest BCUT2D eigenvalue weighted by atomic mass is 16.5. The third-order valence-electron chi connectivity index (χ3n) is 2.72. The van der Waals surface area contributed by atoms with Gasteiger partial charge in [0.25, 0.3) is 0 Å². The zero-order valence-electron chi connectivity index (χ0n) is 11.4. The third-order valence-corrected chi connectivity index (χ3v) is 2.72. The van der Waals surface area contributed by atoms with Crippen molar-refractivity contribution in [2.24, 2.45) is 7.05 Å². The van der Waals surface area contributed by atoms with E-state index in [0.717, 1.165) is 38.5 Å². The van der Waals surface area contributed by atoms with Crippen molar-refractivity contribution in [1.29, 1.82) is 0 Å². The van der Waals surface area contributed by atoms with Gasteiger partial charge in [-0.15, -0.1) is 0 Å². The topological polar surface area (TPSA) is 42.3 Å². The molecule has 1 rings (SSSR count). The van der Waals surface area contributed by atoms with Crippen LogP contribution in [0.1, 0.15) is 18.5 Å². The summed E-state index contributed by atoms with van der Waals surface area (Å²) in [4.78, 5) is 6.39. The fraction of sp³-hybridized carbons (Fsp3) is 0.750. The number of rotatable bonds is 8. The van der Waals surface area contributed by atoms with Gasteiger partial charge in [-0.25, -0.2) is 4.98 Å². The van der Waals surface area contributed by atoms with Crippen LogP contribution in [0.3, 0.4) is 0 Å². The molecule has 0 aliphatic rings. The van der Waals surface area contributed by atoms with E-state index in [2.05, 4.69) is 14.9 Å². The number of nitrogens with one attached hydrogen (secondary N) is 1. The molecule has 0 amide bonds. The first-order valence-electron chi connectivity index (χ1n) is 6.04. The Balaban J connectivity index is 2.27. The Hall–Kier alpha value is -1.07. The van der Waals surface area contributed by atoms with Crippen molar-refractivity contribution in [3.63, 3.8) is 0 Å². The van der Waals surface area contributed by atoms with Gasteiger partial charge in [-0.05, 0) is 19.4 Å². The molecule has 0 aliphatic heterocycles. The molecule has 0 bridgehead atoms. The van der Waals surface area contributed by atoms with Crippen LogP contribution in [-0.2, 0) is 18.3 Å². The first-order chi connectivity index (χ1) is 8.16. The maximum Gasteiger partial charge on any atom is 0.204 e. The molecule has 0 aromatic carbocycles. The van der Waals surface area contributed by atoms with E-state index in [0.29, 0.717) is 0 Å². The van der Waals surface area contributed by atoms with E-state index in [4.69, 9.17) is 4.74 Å². The van der Waals surface area contributed by atoms with Gasteiger partial charge in [0.1, 0.15) is 0 Å². The number of methoxy groups -OCH3 is 1. The number of aromatic nitrogens is 2. The van der Waals surface area contributed by atoms with Gasteiger partial charge in [0.05, 0.1) is 11.9 Å². The van der Waals surface area contributed by atoms with Crippen LogP contribution in [0.15, 0.2) is 6.20 Å². The second-order valence-electron chi connectivity index (χ2n) is 4.38. The first-order valence-corrected chi connectivity index (χ1v) is 6.04. The largest absolute Gasteiger partial charge is 0.385 e. The molecule has 1 aromatic rings. The average molecular weight is 240 g/mol. The summed E-state index contributed by atoms with van der Waals surface area (Å²) in [5, 5.41) is 3.42. The van der Waals surface area contributed by atoms with Gasteiger partial charge < -0.3 is 19.5 Å². The van der Waals surface area contributed by atoms with Crippen LogP contribution in [0.4, 0.5) is 5.95 Å². The molecule has 0 saturated carbocycles. The molecule has 0 aliphatic carbocycles. The van der Waals surface area contributed by atoms with Crippen LogP contribution in [-0.4, -0.2) is 43.9 Å². The highest BCUT2D eigenvalue weighted by Crippen LogP contribution is 2.10. The highest BCUT2D eigenvalue weighted by molar-refractivity contribution is 5.30. The number of hydrogen-bond acceptors (Lipinski definition) is 4. The van der Waals surface area contributed by atoms with Gasteiger partial charge in [-0.1, -0.05) is 0 Å². The lowest BCUT2D eigenvalue weighted by atomic mass is 10.3. The summed E-state index contributed by atoms with van der Waals surface area (Å²) in [5.41, 5.74) is 1.21. The van der Waals surface area contributed by atoms with Crippen molar-refractivity contribution in [3.8, 4) is 0 Å². The summed E-state index contributed by atoms with van der Waals surface area (Å²) in [6.45, 7) is 2.73. The molecule has 1 heterocycles. The van der Waals surface area contributed by atoms with E-state index < -0.39 is 0 Å². The zero-order chi connectivity index (χ0) is 12.7. The lowest BCUT2D eigenvalue weighted by molar-refractivity contribution is 0.192. The fourth-order valence-corrected chi connectivity index (χ4v) is 1.73. The summed E-state index contributed by atoms with van der Waals surface area (Å²) in [6, 6.07) is 0. The maximum atomic E-state index is 5.01. The molecule has 5 heteroatoms. The molecule has 5 nitrogen and oxygen atoms in total. The van der Waals surface area contributed by atoms with Crippen LogP contribution in [0.5, 0.6) is 0 Å². The van der Waals surface area contributed by atoms with Gasteiger partial charge in [-0.2, -0.15) is 0 Å². The monoisotopic (exact) mass is 240 g/mol. The number of hydrogen-bond donors (Lipinski definition) is 1. The van der Waals surface area contributed by atoms with E-state index in [1.165, 1.54) is 5.69 Å². The smallest absolute Gasteiger partial charge is 0.204 e. The van der Waals surface area contributed by atoms with Gasteiger partial charge in [-0.3, -0.25) is 0 Å². The molecular formula is C12H24N4O. The van der Waals surface area contributed by atoms with Crippen molar-refractivity contribution >= 4 is 5.95 Å². The summed E-state index contributed by atoms with van der Waals surface area (Å²) in [6.07, 6.45) is 4.18. The molecule has 98 valence electrons. The highest BCUT2D eigenvalue weighted by Gasteiger charge is 2.06. The zero-order valence-corrected chi connectivity index (χ0v) is 11.4. The Kier molecular flexibility index (Phi) is 6.00. The van der Waals surface area contributed by atoms with Crippen LogP contribution < -0.4 is 10.2 Å². The number of nitrogens with zero attached hydrogens (tertiary/aromatic N) is 3. The minimum atomic E-state index is 0.845. The first kappa shape index (κ1) is 14.0. The Morgan fingerprint density at radius 1 is 1.41 bits per heavy atom. The summed E-state index contributed by atoms with van der Waals surface area (Å²) in [7, 11) is 7.80. The maximum absolute atomic E-state index is 5.01. The van der Waals surface area contributed by atoms with Crippen molar-refractivity contribution in [2.45, 2.75) is 19.4 Å². The van der Waals surface area contributed by atoms with Crippen LogP contribution in [0.25, 0.3) is 0 Å². The number of unbranched alkanes of at least 4 members (excludes halogenated alkanes) is 1. The lowest BCUT2D eigenvalue weighted by Crippen LogP contribution is -2.19. The number of ether oxygens (including phenoxy) is 1. The van der Waals surface area contributed by atoms with E-state index >= 15 is 0 Å². The summed E-state index contributed by atoms with van der Waals surface area (Å²) >= 11 is 0. The standard InChI is InChI=1S/C12H24N4O/c1-15(2)12-14-10-11(16(12)3)9-13-7-5-6-8-17-4/h10,13H,5-9H2,1-4H3. The minimum Gasteiger partial charge on any atom is -0.385 e. The Morgan fingerprint density at radius 3 is 2.76 bits per heavy atom. The van der Waals surface area contributed by atoms with Crippen LogP contribution in [0.2, 0.25) is 0 Å². The van der Waals surface area contributed by atoms with Crippen molar-refractivity contribution in [2.75, 3.05) is 39.3 Å². The second-order valence-corrected chi connectivity index (χ2v) is 4.38. The number of imidazole rings is 1. The molecular weight excluding hydrogens is 216 g/mol. The van der Waals surface area contributed by atoms with Gasteiger partial charge in [0, 0.05) is 41.4 Å². The predicted molar refractivity (Wildman–Crippen MR) is 70.4 cm³/mol. The van der Waals surface area contributed by atoms with E-state index in [1.807, 2.05) is 32.2 Å². The van der Waals surface area contributed by atoms with Crippen LogP contribution >= 0.6 is 0 Å². The number of anilines is 1. The average Bonchev–Trinajstić information content (AvgIpc) is 2.65. The van der Waals surface area contributed by atoms with E-state index in [9.17, 15) is 0 Å². The molecule has 0 fully saturated rings. The van der Waals surface area contributed by atoms with Gasteiger partial charge in [0.15, 0.2) is 0 Å². The van der Waals surface area contributed by atoms with Gasteiger partial charge in [0.2, 0.25) is 5.95 Å². The normalized spacial score (nSPS) is 10.8. The lowest BCUT2D eigenvalue weighted by Gasteiger charge is -2.12. The van der Waals surface area contributed by atoms with Crippen molar-refractivity contribution in [1.82, 2.24) is 14.9 Å². The Labute approximate surface area is 104 Å². The molecule has 0 unspecified atom stereocenters. The van der Waals surface area contributed by atoms with Crippen molar-refractivity contribution < 1.29 is 4.74 Å². The Morgan fingerprint density at radius 2 is 2.18 bits per heavy atom. The summed E-state index contributed by atoms with van der Waals surface area (Å²) in [5.74, 6) is 0.987. The molecule has 0 radical (unpaired) electrons. The molecule has 0 spiro atoms. The third kappa shape index (κ3) is 4.36. The Bertz CT molecular complexity index is 322.